The highest BCUT2D eigenvalue weighted by atomic mass is 19.1. The lowest BCUT2D eigenvalue weighted by atomic mass is 10.1. The Kier molecular flexibility index (Phi) is 6.85. The van der Waals surface area contributed by atoms with Crippen LogP contribution in [0.25, 0.3) is 0 Å². The molecule has 116 valence electrons. The van der Waals surface area contributed by atoms with Crippen molar-refractivity contribution in [1.29, 1.82) is 0 Å². The molecule has 0 heterocycles. The molecule has 0 aliphatic heterocycles. The summed E-state index contributed by atoms with van der Waals surface area (Å²) in [5.74, 6) is -0.374. The van der Waals surface area contributed by atoms with Gasteiger partial charge < -0.3 is 10.2 Å². The van der Waals surface area contributed by atoms with Crippen molar-refractivity contribution in [2.24, 2.45) is 5.92 Å². The normalized spacial score (nSPS) is 10.5. The number of nitrogens with zero attached hydrogens (tertiary/aromatic N) is 1. The van der Waals surface area contributed by atoms with E-state index in [-0.39, 0.29) is 23.5 Å². The molecule has 0 fully saturated rings. The van der Waals surface area contributed by atoms with E-state index in [1.807, 2.05) is 13.8 Å². The summed E-state index contributed by atoms with van der Waals surface area (Å²) in [5.41, 5.74) is 0.980. The summed E-state index contributed by atoms with van der Waals surface area (Å²) in [7, 11) is 0. The molecule has 0 unspecified atom stereocenters. The lowest BCUT2D eigenvalue weighted by molar-refractivity contribution is -0.129. The van der Waals surface area contributed by atoms with E-state index in [9.17, 15) is 14.0 Å². The Hall–Kier alpha value is -1.91. The molecule has 2 amide bonds. The molecule has 0 saturated carbocycles. The Morgan fingerprint density at radius 3 is 2.33 bits per heavy atom. The fourth-order valence-corrected chi connectivity index (χ4v) is 1.86. The molecule has 1 aromatic carbocycles. The predicted molar refractivity (Wildman–Crippen MR) is 80.2 cm³/mol. The topological polar surface area (TPSA) is 49.4 Å². The van der Waals surface area contributed by atoms with Gasteiger partial charge in [0.05, 0.1) is 0 Å². The largest absolute Gasteiger partial charge is 0.354 e. The summed E-state index contributed by atoms with van der Waals surface area (Å²) in [4.78, 5) is 24.7. The van der Waals surface area contributed by atoms with Crippen molar-refractivity contribution >= 4 is 11.8 Å². The van der Waals surface area contributed by atoms with Gasteiger partial charge in [-0.05, 0) is 24.1 Å². The minimum absolute atomic E-state index is 0.0166. The molecule has 0 atom stereocenters. The molecule has 0 saturated heterocycles. The average molecular weight is 294 g/mol. The molecule has 1 N–H and O–H groups in total. The van der Waals surface area contributed by atoms with Crippen molar-refractivity contribution in [3.05, 3.63) is 35.6 Å². The molecule has 1 rings (SSSR count). The number of benzene rings is 1. The molecule has 0 bridgehead atoms. The van der Waals surface area contributed by atoms with Crippen LogP contribution in [0.15, 0.2) is 24.3 Å². The molecule has 0 aliphatic rings. The van der Waals surface area contributed by atoms with Crippen LogP contribution in [0.4, 0.5) is 4.39 Å². The van der Waals surface area contributed by atoms with Crippen LogP contribution in [-0.4, -0.2) is 36.3 Å². The van der Waals surface area contributed by atoms with Gasteiger partial charge >= 0.3 is 0 Å². The lowest BCUT2D eigenvalue weighted by Gasteiger charge is -2.21. The summed E-state index contributed by atoms with van der Waals surface area (Å²) in [5, 5.41) is 2.79. The highest BCUT2D eigenvalue weighted by molar-refractivity contribution is 5.78. The SMILES string of the molecule is CC(=O)N(CCNC(=O)C(C)C)CCc1ccc(F)cc1. The Bertz CT molecular complexity index is 472. The van der Waals surface area contributed by atoms with Crippen molar-refractivity contribution in [2.75, 3.05) is 19.6 Å². The Labute approximate surface area is 125 Å². The number of carbonyl (C=O) groups excluding carboxylic acids is 2. The van der Waals surface area contributed by atoms with Crippen LogP contribution in [0.1, 0.15) is 26.3 Å². The van der Waals surface area contributed by atoms with Crippen molar-refractivity contribution in [3.8, 4) is 0 Å². The van der Waals surface area contributed by atoms with Crippen LogP contribution in [0, 0.1) is 11.7 Å². The molecular formula is C16H23FN2O2. The molecule has 1 aromatic rings. The zero-order valence-electron chi connectivity index (χ0n) is 12.9. The third-order valence-corrected chi connectivity index (χ3v) is 3.23. The van der Waals surface area contributed by atoms with E-state index in [0.717, 1.165) is 5.56 Å². The van der Waals surface area contributed by atoms with Crippen molar-refractivity contribution in [1.82, 2.24) is 10.2 Å². The maximum Gasteiger partial charge on any atom is 0.222 e. The Morgan fingerprint density at radius 2 is 1.81 bits per heavy atom. The van der Waals surface area contributed by atoms with Gasteiger partial charge in [0.2, 0.25) is 11.8 Å². The van der Waals surface area contributed by atoms with Gasteiger partial charge in [-0.15, -0.1) is 0 Å². The highest BCUT2D eigenvalue weighted by Crippen LogP contribution is 2.04. The summed E-state index contributed by atoms with van der Waals surface area (Å²) in [6.45, 7) is 6.64. The molecule has 4 nitrogen and oxygen atoms in total. The van der Waals surface area contributed by atoms with Gasteiger partial charge in [-0.3, -0.25) is 9.59 Å². The smallest absolute Gasteiger partial charge is 0.222 e. The first kappa shape index (κ1) is 17.1. The first-order valence-corrected chi connectivity index (χ1v) is 7.18. The Balaban J connectivity index is 2.41. The number of hydrogen-bond donors (Lipinski definition) is 1. The Morgan fingerprint density at radius 1 is 1.19 bits per heavy atom. The summed E-state index contributed by atoms with van der Waals surface area (Å²) in [6.07, 6.45) is 0.665. The van der Waals surface area contributed by atoms with Gasteiger partial charge in [0.25, 0.3) is 0 Å². The highest BCUT2D eigenvalue weighted by Gasteiger charge is 2.10. The number of amides is 2. The van der Waals surface area contributed by atoms with Gasteiger partial charge in [0.1, 0.15) is 5.82 Å². The monoisotopic (exact) mass is 294 g/mol. The number of rotatable bonds is 7. The quantitative estimate of drug-likeness (QED) is 0.836. The van der Waals surface area contributed by atoms with E-state index >= 15 is 0 Å². The maximum absolute atomic E-state index is 12.8. The van der Waals surface area contributed by atoms with Crippen LogP contribution < -0.4 is 5.32 Å². The zero-order chi connectivity index (χ0) is 15.8. The summed E-state index contributed by atoms with van der Waals surface area (Å²) < 4.78 is 12.8. The van der Waals surface area contributed by atoms with Crippen LogP contribution in [0.5, 0.6) is 0 Å². The lowest BCUT2D eigenvalue weighted by Crippen LogP contribution is -2.39. The number of carbonyl (C=O) groups is 2. The van der Waals surface area contributed by atoms with Gasteiger partial charge in [-0.1, -0.05) is 26.0 Å². The molecule has 0 spiro atoms. The summed E-state index contributed by atoms with van der Waals surface area (Å²) in [6, 6.07) is 6.26. The second kappa shape index (κ2) is 8.39. The fourth-order valence-electron chi connectivity index (χ4n) is 1.86. The zero-order valence-corrected chi connectivity index (χ0v) is 12.9. The van der Waals surface area contributed by atoms with Crippen molar-refractivity contribution < 1.29 is 14.0 Å². The van der Waals surface area contributed by atoms with Gasteiger partial charge in [-0.25, -0.2) is 4.39 Å². The minimum Gasteiger partial charge on any atom is -0.354 e. The van der Waals surface area contributed by atoms with E-state index in [4.69, 9.17) is 0 Å². The van der Waals surface area contributed by atoms with Gasteiger partial charge in [0.15, 0.2) is 0 Å². The fraction of sp³-hybridized carbons (Fsp3) is 0.500. The standard InChI is InChI=1S/C16H23FN2O2/c1-12(2)16(21)18-9-11-19(13(3)20)10-8-14-4-6-15(17)7-5-14/h4-7,12H,8-11H2,1-3H3,(H,18,21). The molecule has 21 heavy (non-hydrogen) atoms. The third-order valence-electron chi connectivity index (χ3n) is 3.23. The molecule has 0 radical (unpaired) electrons. The van der Waals surface area contributed by atoms with Crippen LogP contribution in [0.3, 0.4) is 0 Å². The molecule has 0 aliphatic carbocycles. The number of nitrogens with one attached hydrogen (secondary N) is 1. The van der Waals surface area contributed by atoms with E-state index < -0.39 is 0 Å². The van der Waals surface area contributed by atoms with E-state index in [1.54, 1.807) is 17.0 Å². The summed E-state index contributed by atoms with van der Waals surface area (Å²) >= 11 is 0. The molecular weight excluding hydrogens is 271 g/mol. The van der Waals surface area contributed by atoms with E-state index in [1.165, 1.54) is 19.1 Å². The van der Waals surface area contributed by atoms with E-state index in [0.29, 0.717) is 26.1 Å². The maximum atomic E-state index is 12.8. The third kappa shape index (κ3) is 6.38. The second-order valence-corrected chi connectivity index (χ2v) is 5.33. The van der Waals surface area contributed by atoms with Crippen LogP contribution in [-0.2, 0) is 16.0 Å². The number of halogens is 1. The van der Waals surface area contributed by atoms with E-state index in [2.05, 4.69) is 5.32 Å². The van der Waals surface area contributed by atoms with Gasteiger partial charge in [-0.2, -0.15) is 0 Å². The second-order valence-electron chi connectivity index (χ2n) is 5.33. The average Bonchev–Trinajstić information content (AvgIpc) is 2.43. The first-order valence-electron chi connectivity index (χ1n) is 7.18. The van der Waals surface area contributed by atoms with Crippen LogP contribution in [0.2, 0.25) is 0 Å². The minimum atomic E-state index is -0.265. The van der Waals surface area contributed by atoms with Gasteiger partial charge in [0, 0.05) is 32.5 Å². The predicted octanol–water partition coefficient (Wildman–Crippen LogP) is 1.99. The van der Waals surface area contributed by atoms with Crippen molar-refractivity contribution in [2.45, 2.75) is 27.2 Å². The first-order chi connectivity index (χ1) is 9.90. The molecule has 0 aromatic heterocycles. The van der Waals surface area contributed by atoms with Crippen molar-refractivity contribution in [3.63, 3.8) is 0 Å². The molecule has 5 heteroatoms. The number of hydrogen-bond acceptors (Lipinski definition) is 2. The van der Waals surface area contributed by atoms with Crippen LogP contribution >= 0.6 is 0 Å².